The van der Waals surface area contributed by atoms with Gasteiger partial charge in [0.1, 0.15) is 5.75 Å². The van der Waals surface area contributed by atoms with Gasteiger partial charge in [0.05, 0.1) is 17.7 Å². The van der Waals surface area contributed by atoms with Gasteiger partial charge in [-0.3, -0.25) is 4.79 Å². The summed E-state index contributed by atoms with van der Waals surface area (Å²) in [7, 11) is 0. The van der Waals surface area contributed by atoms with E-state index in [0.29, 0.717) is 18.3 Å². The van der Waals surface area contributed by atoms with E-state index in [4.69, 9.17) is 9.26 Å². The lowest BCUT2D eigenvalue weighted by Crippen LogP contribution is -2.40. The van der Waals surface area contributed by atoms with Crippen LogP contribution in [-0.4, -0.2) is 22.7 Å². The first-order chi connectivity index (χ1) is 10.7. The third kappa shape index (κ3) is 2.69. The van der Waals surface area contributed by atoms with Gasteiger partial charge in [0, 0.05) is 17.9 Å². The smallest absolute Gasteiger partial charge is 0.261 e. The second-order valence-corrected chi connectivity index (χ2v) is 7.08. The number of amides is 1. The molecule has 1 aromatic carbocycles. The SMILES string of the molecule is CC(=O)NC(C)(C)c1noc(-c2cccc3c2OCC3(C)C)n1. The van der Waals surface area contributed by atoms with Crippen molar-refractivity contribution < 1.29 is 14.1 Å². The molecular formula is C17H21N3O3. The zero-order valence-corrected chi connectivity index (χ0v) is 14.1. The van der Waals surface area contributed by atoms with Gasteiger partial charge in [0.25, 0.3) is 5.89 Å². The maximum Gasteiger partial charge on any atom is 0.261 e. The van der Waals surface area contributed by atoms with Gasteiger partial charge in [-0.1, -0.05) is 31.1 Å². The van der Waals surface area contributed by atoms with E-state index in [1.165, 1.54) is 6.92 Å². The molecule has 0 unspecified atom stereocenters. The van der Waals surface area contributed by atoms with E-state index < -0.39 is 5.54 Å². The summed E-state index contributed by atoms with van der Waals surface area (Å²) >= 11 is 0. The van der Waals surface area contributed by atoms with Crippen molar-refractivity contribution in [3.05, 3.63) is 29.6 Å². The second kappa shape index (κ2) is 5.08. The van der Waals surface area contributed by atoms with Gasteiger partial charge in [-0.2, -0.15) is 4.98 Å². The fraction of sp³-hybridized carbons (Fsp3) is 0.471. The van der Waals surface area contributed by atoms with Crippen LogP contribution in [0.5, 0.6) is 5.75 Å². The Morgan fingerprint density at radius 1 is 1.35 bits per heavy atom. The highest BCUT2D eigenvalue weighted by atomic mass is 16.5. The number of aromatic nitrogens is 2. The van der Waals surface area contributed by atoms with Gasteiger partial charge < -0.3 is 14.6 Å². The molecule has 1 amide bonds. The molecule has 122 valence electrons. The molecule has 0 bridgehead atoms. The molecule has 0 saturated heterocycles. The van der Waals surface area contributed by atoms with Crippen molar-refractivity contribution in [1.29, 1.82) is 0 Å². The average Bonchev–Trinajstić information content (AvgIpc) is 3.03. The molecule has 1 N–H and O–H groups in total. The van der Waals surface area contributed by atoms with Crippen LogP contribution < -0.4 is 10.1 Å². The molecule has 0 saturated carbocycles. The number of fused-ring (bicyclic) bond motifs is 1. The summed E-state index contributed by atoms with van der Waals surface area (Å²) < 4.78 is 11.3. The summed E-state index contributed by atoms with van der Waals surface area (Å²) in [5.74, 6) is 1.47. The molecule has 2 heterocycles. The maximum absolute atomic E-state index is 11.3. The lowest BCUT2D eigenvalue weighted by molar-refractivity contribution is -0.120. The van der Waals surface area contributed by atoms with Crippen LogP contribution in [0.15, 0.2) is 22.7 Å². The number of hydrogen-bond acceptors (Lipinski definition) is 5. The fourth-order valence-electron chi connectivity index (χ4n) is 2.81. The number of nitrogens with one attached hydrogen (secondary N) is 1. The highest BCUT2D eigenvalue weighted by molar-refractivity contribution is 5.74. The highest BCUT2D eigenvalue weighted by Gasteiger charge is 2.35. The van der Waals surface area contributed by atoms with Crippen LogP contribution in [0.1, 0.15) is 46.0 Å². The second-order valence-electron chi connectivity index (χ2n) is 7.08. The number of ether oxygens (including phenoxy) is 1. The summed E-state index contributed by atoms with van der Waals surface area (Å²) in [6.45, 7) is 10.0. The van der Waals surface area contributed by atoms with Gasteiger partial charge >= 0.3 is 0 Å². The lowest BCUT2D eigenvalue weighted by Gasteiger charge is -2.20. The Bertz CT molecular complexity index is 762. The van der Waals surface area contributed by atoms with Crippen LogP contribution in [0.25, 0.3) is 11.5 Å². The third-order valence-electron chi connectivity index (χ3n) is 4.03. The topological polar surface area (TPSA) is 77.2 Å². The Hall–Kier alpha value is -2.37. The molecule has 23 heavy (non-hydrogen) atoms. The molecule has 0 radical (unpaired) electrons. The molecule has 1 aliphatic heterocycles. The van der Waals surface area contributed by atoms with Crippen LogP contribution in [0.3, 0.4) is 0 Å². The van der Waals surface area contributed by atoms with E-state index >= 15 is 0 Å². The quantitative estimate of drug-likeness (QED) is 0.942. The van der Waals surface area contributed by atoms with Crippen molar-refractivity contribution in [2.75, 3.05) is 6.61 Å². The van der Waals surface area contributed by atoms with Crippen molar-refractivity contribution in [2.24, 2.45) is 0 Å². The average molecular weight is 315 g/mol. The number of carbonyl (C=O) groups excluding carboxylic acids is 1. The van der Waals surface area contributed by atoms with E-state index in [1.54, 1.807) is 0 Å². The minimum atomic E-state index is -0.703. The van der Waals surface area contributed by atoms with Crippen molar-refractivity contribution in [1.82, 2.24) is 15.5 Å². The number of para-hydroxylation sites is 1. The van der Waals surface area contributed by atoms with Crippen molar-refractivity contribution in [3.63, 3.8) is 0 Å². The van der Waals surface area contributed by atoms with E-state index in [9.17, 15) is 4.79 Å². The highest BCUT2D eigenvalue weighted by Crippen LogP contribution is 2.44. The number of hydrogen-bond donors (Lipinski definition) is 1. The van der Waals surface area contributed by atoms with Gasteiger partial charge in [0.15, 0.2) is 5.82 Å². The van der Waals surface area contributed by atoms with E-state index in [1.807, 2.05) is 26.0 Å². The van der Waals surface area contributed by atoms with Gasteiger partial charge in [0.2, 0.25) is 5.91 Å². The van der Waals surface area contributed by atoms with Crippen LogP contribution >= 0.6 is 0 Å². The Morgan fingerprint density at radius 2 is 2.09 bits per heavy atom. The van der Waals surface area contributed by atoms with Gasteiger partial charge in [-0.25, -0.2) is 0 Å². The predicted octanol–water partition coefficient (Wildman–Crippen LogP) is 2.78. The Labute approximate surface area is 135 Å². The van der Waals surface area contributed by atoms with Crippen molar-refractivity contribution in [2.45, 2.75) is 45.6 Å². The molecule has 0 aliphatic carbocycles. The molecule has 0 spiro atoms. The van der Waals surface area contributed by atoms with Crippen LogP contribution in [0.2, 0.25) is 0 Å². The number of nitrogens with zero attached hydrogens (tertiary/aromatic N) is 2. The lowest BCUT2D eigenvalue weighted by atomic mass is 9.86. The third-order valence-corrected chi connectivity index (χ3v) is 4.03. The zero-order chi connectivity index (χ0) is 16.8. The first-order valence-corrected chi connectivity index (χ1v) is 7.60. The van der Waals surface area contributed by atoms with Crippen molar-refractivity contribution >= 4 is 5.91 Å². The first-order valence-electron chi connectivity index (χ1n) is 7.60. The Kier molecular flexibility index (Phi) is 3.43. The number of benzene rings is 1. The predicted molar refractivity (Wildman–Crippen MR) is 85.1 cm³/mol. The molecule has 0 fully saturated rings. The standard InChI is InChI=1S/C17H21N3O3/c1-10(21)19-17(4,5)15-18-14(23-20-15)11-7-6-8-12-13(11)22-9-16(12,2)3/h6-8H,9H2,1-5H3,(H,19,21). The maximum atomic E-state index is 11.3. The Morgan fingerprint density at radius 3 is 2.78 bits per heavy atom. The van der Waals surface area contributed by atoms with Crippen molar-refractivity contribution in [3.8, 4) is 17.2 Å². The minimum Gasteiger partial charge on any atom is -0.492 e. The van der Waals surface area contributed by atoms with Crippen LogP contribution in [-0.2, 0) is 15.7 Å². The largest absolute Gasteiger partial charge is 0.492 e. The normalized spacial score (nSPS) is 15.9. The first kappa shape index (κ1) is 15.5. The van der Waals surface area contributed by atoms with Gasteiger partial charge in [-0.05, 0) is 19.9 Å². The molecule has 1 aliphatic rings. The summed E-state index contributed by atoms with van der Waals surface area (Å²) in [5.41, 5.74) is 1.18. The molecule has 2 aromatic rings. The van der Waals surface area contributed by atoms with E-state index in [-0.39, 0.29) is 11.3 Å². The molecule has 0 atom stereocenters. The zero-order valence-electron chi connectivity index (χ0n) is 14.1. The molecule has 1 aromatic heterocycles. The van der Waals surface area contributed by atoms with Gasteiger partial charge in [-0.15, -0.1) is 0 Å². The van der Waals surface area contributed by atoms with E-state index in [0.717, 1.165) is 16.9 Å². The van der Waals surface area contributed by atoms with Crippen LogP contribution in [0.4, 0.5) is 0 Å². The molecule has 6 nitrogen and oxygen atoms in total. The number of carbonyl (C=O) groups is 1. The monoisotopic (exact) mass is 315 g/mol. The summed E-state index contributed by atoms with van der Waals surface area (Å²) in [4.78, 5) is 15.8. The Balaban J connectivity index is 2.00. The molecule has 3 rings (SSSR count). The summed E-state index contributed by atoms with van der Waals surface area (Å²) in [6, 6.07) is 5.93. The van der Waals surface area contributed by atoms with Crippen LogP contribution in [0, 0.1) is 0 Å². The minimum absolute atomic E-state index is 0.0380. The summed E-state index contributed by atoms with van der Waals surface area (Å²) in [5, 5.41) is 6.83. The summed E-state index contributed by atoms with van der Waals surface area (Å²) in [6.07, 6.45) is 0. The fourth-order valence-corrected chi connectivity index (χ4v) is 2.81. The number of rotatable bonds is 3. The van der Waals surface area contributed by atoms with E-state index in [2.05, 4.69) is 35.4 Å². The molecular weight excluding hydrogens is 294 g/mol. The molecule has 6 heteroatoms.